The molecule has 1 unspecified atom stereocenters. The Labute approximate surface area is 156 Å². The summed E-state index contributed by atoms with van der Waals surface area (Å²) in [6, 6.07) is 10.0. The number of halogens is 1. The fraction of sp³-hybridized carbons (Fsp3) is 0.400. The summed E-state index contributed by atoms with van der Waals surface area (Å²) in [6.07, 6.45) is 2.76. The molecule has 1 aromatic heterocycles. The third-order valence-corrected chi connectivity index (χ3v) is 5.97. The summed E-state index contributed by atoms with van der Waals surface area (Å²) in [5, 5.41) is 4.75. The Morgan fingerprint density at radius 1 is 1.23 bits per heavy atom. The van der Waals surface area contributed by atoms with Gasteiger partial charge in [-0.2, -0.15) is 0 Å². The molecule has 0 bridgehead atoms. The Kier molecular flexibility index (Phi) is 5.71. The van der Waals surface area contributed by atoms with E-state index in [2.05, 4.69) is 5.32 Å². The monoisotopic (exact) mass is 375 g/mol. The van der Waals surface area contributed by atoms with Crippen LogP contribution in [0.2, 0.25) is 0 Å². The van der Waals surface area contributed by atoms with Gasteiger partial charge in [0.2, 0.25) is 0 Å². The highest BCUT2D eigenvalue weighted by Crippen LogP contribution is 2.43. The first-order valence-corrected chi connectivity index (χ1v) is 9.66. The van der Waals surface area contributed by atoms with Crippen molar-refractivity contribution in [2.45, 2.75) is 44.1 Å². The molecule has 4 nitrogen and oxygen atoms in total. The predicted molar refractivity (Wildman–Crippen MR) is 98.4 cm³/mol. The van der Waals surface area contributed by atoms with E-state index in [0.29, 0.717) is 18.4 Å². The smallest absolute Gasteiger partial charge is 0.317 e. The van der Waals surface area contributed by atoms with Crippen LogP contribution in [0.15, 0.2) is 41.8 Å². The molecular formula is C20H22FNO3S. The van der Waals surface area contributed by atoms with Crippen LogP contribution in [0, 0.1) is 5.82 Å². The number of thiophene rings is 1. The lowest BCUT2D eigenvalue weighted by molar-refractivity contribution is -0.154. The molecule has 3 rings (SSSR count). The number of benzene rings is 1. The van der Waals surface area contributed by atoms with Gasteiger partial charge in [-0.1, -0.05) is 37.1 Å². The Morgan fingerprint density at radius 2 is 1.96 bits per heavy atom. The van der Waals surface area contributed by atoms with Crippen LogP contribution in [0.3, 0.4) is 0 Å². The van der Waals surface area contributed by atoms with Crippen molar-refractivity contribution in [3.63, 3.8) is 0 Å². The topological polar surface area (TPSA) is 55.4 Å². The first-order valence-electron chi connectivity index (χ1n) is 8.78. The Hall–Kier alpha value is -2.21. The summed E-state index contributed by atoms with van der Waals surface area (Å²) >= 11 is 1.55. The fourth-order valence-corrected chi connectivity index (χ4v) is 4.31. The van der Waals surface area contributed by atoms with Crippen molar-refractivity contribution in [2.24, 2.45) is 0 Å². The van der Waals surface area contributed by atoms with E-state index in [1.54, 1.807) is 29.5 Å². The molecule has 1 saturated carbocycles. The standard InChI is InChI=1S/C20H22FNO3S/c1-14(17-9-6-12-26-17)22-18(23)13-25-19(24)20(10-4-5-11-20)15-7-2-3-8-16(15)21/h2-3,6-9,12,14H,4-5,10-11,13H2,1H3,(H,22,23). The molecule has 1 fully saturated rings. The number of carbonyl (C=O) groups is 2. The van der Waals surface area contributed by atoms with Gasteiger partial charge in [0.15, 0.2) is 6.61 Å². The number of carbonyl (C=O) groups excluding carboxylic acids is 2. The van der Waals surface area contributed by atoms with Crippen molar-refractivity contribution in [1.82, 2.24) is 5.32 Å². The van der Waals surface area contributed by atoms with E-state index in [4.69, 9.17) is 4.74 Å². The molecule has 1 aromatic carbocycles. The van der Waals surface area contributed by atoms with Gasteiger partial charge in [0.1, 0.15) is 5.82 Å². The van der Waals surface area contributed by atoms with Crippen LogP contribution in [-0.4, -0.2) is 18.5 Å². The average molecular weight is 375 g/mol. The first kappa shape index (κ1) is 18.6. The number of nitrogens with one attached hydrogen (secondary N) is 1. The molecule has 0 aliphatic heterocycles. The van der Waals surface area contributed by atoms with Crippen LogP contribution >= 0.6 is 11.3 Å². The maximum atomic E-state index is 14.3. The normalized spacial score (nSPS) is 16.8. The third-order valence-electron chi connectivity index (χ3n) is 4.92. The van der Waals surface area contributed by atoms with Gasteiger partial charge in [0.05, 0.1) is 11.5 Å². The number of rotatable bonds is 6. The lowest BCUT2D eigenvalue weighted by Crippen LogP contribution is -2.38. The van der Waals surface area contributed by atoms with Gasteiger partial charge < -0.3 is 10.1 Å². The van der Waals surface area contributed by atoms with Gasteiger partial charge in [-0.3, -0.25) is 9.59 Å². The second-order valence-corrected chi connectivity index (χ2v) is 7.63. The molecule has 138 valence electrons. The highest BCUT2D eigenvalue weighted by molar-refractivity contribution is 7.10. The summed E-state index contributed by atoms with van der Waals surface area (Å²) in [6.45, 7) is 1.52. The van der Waals surface area contributed by atoms with E-state index in [1.165, 1.54) is 6.07 Å². The molecule has 1 aliphatic carbocycles. The van der Waals surface area contributed by atoms with Crippen molar-refractivity contribution >= 4 is 23.2 Å². The lowest BCUT2D eigenvalue weighted by Gasteiger charge is -2.27. The molecule has 26 heavy (non-hydrogen) atoms. The van der Waals surface area contributed by atoms with E-state index in [1.807, 2.05) is 24.4 Å². The van der Waals surface area contributed by atoms with E-state index in [9.17, 15) is 14.0 Å². The minimum absolute atomic E-state index is 0.145. The van der Waals surface area contributed by atoms with Crippen molar-refractivity contribution < 1.29 is 18.7 Å². The van der Waals surface area contributed by atoms with Crippen LogP contribution < -0.4 is 5.32 Å². The summed E-state index contributed by atoms with van der Waals surface area (Å²) in [5.41, 5.74) is -0.611. The largest absolute Gasteiger partial charge is 0.455 e. The van der Waals surface area contributed by atoms with Crippen molar-refractivity contribution in [2.75, 3.05) is 6.61 Å². The number of amides is 1. The molecule has 1 amide bonds. The lowest BCUT2D eigenvalue weighted by atomic mass is 9.78. The summed E-state index contributed by atoms with van der Waals surface area (Å²) in [5.74, 6) is -1.28. The van der Waals surface area contributed by atoms with Gasteiger partial charge in [0.25, 0.3) is 5.91 Å². The second kappa shape index (κ2) is 7.99. The summed E-state index contributed by atoms with van der Waals surface area (Å²) in [4.78, 5) is 25.9. The average Bonchev–Trinajstić information content (AvgIpc) is 3.32. The third kappa shape index (κ3) is 3.80. The zero-order chi connectivity index (χ0) is 18.6. The SMILES string of the molecule is CC(NC(=O)COC(=O)C1(c2ccccc2F)CCCC1)c1cccs1. The van der Waals surface area contributed by atoms with Crippen molar-refractivity contribution in [3.8, 4) is 0 Å². The minimum Gasteiger partial charge on any atom is -0.455 e. The summed E-state index contributed by atoms with van der Waals surface area (Å²) in [7, 11) is 0. The Balaban J connectivity index is 1.64. The number of hydrogen-bond donors (Lipinski definition) is 1. The van der Waals surface area contributed by atoms with Crippen LogP contribution in [0.25, 0.3) is 0 Å². The zero-order valence-electron chi connectivity index (χ0n) is 14.7. The van der Waals surface area contributed by atoms with Gasteiger partial charge in [-0.15, -0.1) is 11.3 Å². The maximum absolute atomic E-state index is 14.3. The van der Waals surface area contributed by atoms with Crippen LogP contribution in [0.5, 0.6) is 0 Å². The van der Waals surface area contributed by atoms with Crippen molar-refractivity contribution in [3.05, 3.63) is 58.0 Å². The molecule has 0 saturated heterocycles. The first-order chi connectivity index (χ1) is 12.5. The molecular weight excluding hydrogens is 353 g/mol. The quantitative estimate of drug-likeness (QED) is 0.773. The molecule has 1 aliphatic rings. The Morgan fingerprint density at radius 3 is 2.62 bits per heavy atom. The molecule has 0 radical (unpaired) electrons. The number of ether oxygens (including phenoxy) is 1. The minimum atomic E-state index is -0.981. The molecule has 1 heterocycles. The number of esters is 1. The Bertz CT molecular complexity index is 769. The van der Waals surface area contributed by atoms with Crippen molar-refractivity contribution in [1.29, 1.82) is 0 Å². The molecule has 1 N–H and O–H groups in total. The second-order valence-electron chi connectivity index (χ2n) is 6.65. The molecule has 0 spiro atoms. The van der Waals surface area contributed by atoms with Crippen LogP contribution in [-0.2, 0) is 19.7 Å². The summed E-state index contributed by atoms with van der Waals surface area (Å²) < 4.78 is 19.6. The van der Waals surface area contributed by atoms with Gasteiger partial charge in [-0.25, -0.2) is 4.39 Å². The number of hydrogen-bond acceptors (Lipinski definition) is 4. The van der Waals surface area contributed by atoms with Gasteiger partial charge in [-0.05, 0) is 37.3 Å². The van der Waals surface area contributed by atoms with E-state index < -0.39 is 17.2 Å². The predicted octanol–water partition coefficient (Wildman–Crippen LogP) is 4.12. The van der Waals surface area contributed by atoms with Gasteiger partial charge in [0, 0.05) is 10.4 Å². The molecule has 1 atom stereocenters. The van der Waals surface area contributed by atoms with Gasteiger partial charge >= 0.3 is 5.97 Å². The highest BCUT2D eigenvalue weighted by atomic mass is 32.1. The van der Waals surface area contributed by atoms with Crippen LogP contribution in [0.4, 0.5) is 4.39 Å². The van der Waals surface area contributed by atoms with E-state index in [0.717, 1.165) is 17.7 Å². The van der Waals surface area contributed by atoms with Crippen LogP contribution in [0.1, 0.15) is 49.1 Å². The molecule has 2 aromatic rings. The zero-order valence-corrected chi connectivity index (χ0v) is 15.5. The maximum Gasteiger partial charge on any atom is 0.317 e. The van der Waals surface area contributed by atoms with E-state index in [-0.39, 0.29) is 18.6 Å². The molecule has 6 heteroatoms. The highest BCUT2D eigenvalue weighted by Gasteiger charge is 2.45. The van der Waals surface area contributed by atoms with E-state index >= 15 is 0 Å². The fourth-order valence-electron chi connectivity index (χ4n) is 3.57.